The third-order valence-electron chi connectivity index (χ3n) is 3.58. The first-order valence-electron chi connectivity index (χ1n) is 7.24. The van der Waals surface area contributed by atoms with E-state index in [9.17, 15) is 0 Å². The molecule has 1 aromatic carbocycles. The minimum absolute atomic E-state index is 0.333. The van der Waals surface area contributed by atoms with Crippen LogP contribution in [0.15, 0.2) is 33.4 Å². The summed E-state index contributed by atoms with van der Waals surface area (Å²) in [4.78, 5) is 0. The van der Waals surface area contributed by atoms with Crippen molar-refractivity contribution in [1.82, 2.24) is 5.32 Å². The highest BCUT2D eigenvalue weighted by Crippen LogP contribution is 2.30. The van der Waals surface area contributed by atoms with Crippen molar-refractivity contribution in [3.63, 3.8) is 0 Å². The monoisotopic (exact) mass is 367 g/mol. The molecule has 0 saturated carbocycles. The van der Waals surface area contributed by atoms with Crippen molar-refractivity contribution in [1.29, 1.82) is 0 Å². The molecule has 2 aromatic rings. The highest BCUT2D eigenvalue weighted by atomic mass is 79.9. The van der Waals surface area contributed by atoms with Crippen LogP contribution in [0.2, 0.25) is 0 Å². The molecule has 0 radical (unpaired) electrons. The van der Waals surface area contributed by atoms with E-state index < -0.39 is 0 Å². The second-order valence-corrected chi connectivity index (χ2v) is 6.84. The number of halogens is 1. The Morgan fingerprint density at radius 2 is 2.14 bits per heavy atom. The van der Waals surface area contributed by atoms with Gasteiger partial charge in [-0.2, -0.15) is 11.3 Å². The standard InChI is InChI=1S/C17H22BrNOS/c1-4-7-19-16(15-11-21-10-12(15)2)9-13-8-14(18)5-6-17(13)20-3/h5-6,8,10-11,16,19H,4,7,9H2,1-3H3. The number of hydrogen-bond acceptors (Lipinski definition) is 3. The Bertz CT molecular complexity index is 582. The molecule has 0 fully saturated rings. The number of hydrogen-bond donors (Lipinski definition) is 1. The first-order valence-corrected chi connectivity index (χ1v) is 8.97. The van der Waals surface area contributed by atoms with E-state index in [2.05, 4.69) is 51.9 Å². The number of benzene rings is 1. The lowest BCUT2D eigenvalue weighted by Gasteiger charge is -2.20. The Morgan fingerprint density at radius 1 is 1.33 bits per heavy atom. The van der Waals surface area contributed by atoms with Crippen LogP contribution < -0.4 is 10.1 Å². The van der Waals surface area contributed by atoms with Gasteiger partial charge in [-0.1, -0.05) is 22.9 Å². The van der Waals surface area contributed by atoms with Gasteiger partial charge in [-0.15, -0.1) is 0 Å². The van der Waals surface area contributed by atoms with E-state index in [1.165, 1.54) is 16.7 Å². The van der Waals surface area contributed by atoms with Crippen LogP contribution in [0.4, 0.5) is 0 Å². The maximum atomic E-state index is 5.51. The summed E-state index contributed by atoms with van der Waals surface area (Å²) in [6.07, 6.45) is 2.06. The number of rotatable bonds is 7. The molecule has 1 N–H and O–H groups in total. The molecule has 0 bridgehead atoms. The molecule has 1 atom stereocenters. The van der Waals surface area contributed by atoms with Gasteiger partial charge >= 0.3 is 0 Å². The molecule has 1 aromatic heterocycles. The van der Waals surface area contributed by atoms with Gasteiger partial charge in [0.25, 0.3) is 0 Å². The lowest BCUT2D eigenvalue weighted by molar-refractivity contribution is 0.405. The summed E-state index contributed by atoms with van der Waals surface area (Å²) in [5.41, 5.74) is 3.99. The van der Waals surface area contributed by atoms with Crippen molar-refractivity contribution < 1.29 is 4.74 Å². The zero-order chi connectivity index (χ0) is 15.2. The maximum Gasteiger partial charge on any atom is 0.122 e. The fourth-order valence-electron chi connectivity index (χ4n) is 2.46. The lowest BCUT2D eigenvalue weighted by atomic mass is 9.98. The Hall–Kier alpha value is -0.840. The van der Waals surface area contributed by atoms with Crippen LogP contribution in [0, 0.1) is 6.92 Å². The molecule has 2 rings (SSSR count). The van der Waals surface area contributed by atoms with E-state index in [1.807, 2.05) is 12.1 Å². The molecule has 0 amide bonds. The lowest BCUT2D eigenvalue weighted by Crippen LogP contribution is -2.24. The van der Waals surface area contributed by atoms with Crippen molar-refractivity contribution in [2.75, 3.05) is 13.7 Å². The molecule has 1 unspecified atom stereocenters. The molecular formula is C17H22BrNOS. The van der Waals surface area contributed by atoms with Crippen LogP contribution >= 0.6 is 27.3 Å². The van der Waals surface area contributed by atoms with E-state index in [0.717, 1.165) is 29.6 Å². The van der Waals surface area contributed by atoms with Crippen LogP contribution in [0.25, 0.3) is 0 Å². The predicted octanol–water partition coefficient (Wildman–Crippen LogP) is 5.11. The molecule has 0 aliphatic carbocycles. The van der Waals surface area contributed by atoms with Crippen LogP contribution in [0.3, 0.4) is 0 Å². The largest absolute Gasteiger partial charge is 0.496 e. The summed E-state index contributed by atoms with van der Waals surface area (Å²) in [7, 11) is 1.73. The van der Waals surface area contributed by atoms with Gasteiger partial charge in [-0.05, 0) is 72.0 Å². The van der Waals surface area contributed by atoms with Gasteiger partial charge in [-0.25, -0.2) is 0 Å². The number of methoxy groups -OCH3 is 1. The summed E-state index contributed by atoms with van der Waals surface area (Å²) >= 11 is 5.33. The van der Waals surface area contributed by atoms with Crippen LogP contribution in [0.1, 0.15) is 36.1 Å². The van der Waals surface area contributed by atoms with E-state index in [4.69, 9.17) is 4.74 Å². The number of thiophene rings is 1. The summed E-state index contributed by atoms with van der Waals surface area (Å²) in [5, 5.41) is 8.14. The molecule has 0 spiro atoms. The molecule has 21 heavy (non-hydrogen) atoms. The summed E-state index contributed by atoms with van der Waals surface area (Å²) < 4.78 is 6.60. The molecule has 114 valence electrons. The summed E-state index contributed by atoms with van der Waals surface area (Å²) in [6.45, 7) is 5.41. The van der Waals surface area contributed by atoms with Gasteiger partial charge in [0, 0.05) is 10.5 Å². The smallest absolute Gasteiger partial charge is 0.122 e. The molecule has 4 heteroatoms. The van der Waals surface area contributed by atoms with Crippen molar-refractivity contribution in [2.45, 2.75) is 32.7 Å². The molecule has 0 saturated heterocycles. The quantitative estimate of drug-likeness (QED) is 0.733. The minimum Gasteiger partial charge on any atom is -0.496 e. The Kier molecular flexibility index (Phi) is 6.27. The maximum absolute atomic E-state index is 5.51. The number of aryl methyl sites for hydroxylation is 1. The van der Waals surface area contributed by atoms with E-state index in [-0.39, 0.29) is 0 Å². The fraction of sp³-hybridized carbons (Fsp3) is 0.412. The first-order chi connectivity index (χ1) is 10.2. The SMILES string of the molecule is CCCNC(Cc1cc(Br)ccc1OC)c1cscc1C. The zero-order valence-corrected chi connectivity index (χ0v) is 15.2. The highest BCUT2D eigenvalue weighted by molar-refractivity contribution is 9.10. The van der Waals surface area contributed by atoms with Crippen molar-refractivity contribution in [3.8, 4) is 5.75 Å². The van der Waals surface area contributed by atoms with E-state index in [1.54, 1.807) is 18.4 Å². The van der Waals surface area contributed by atoms with Gasteiger partial charge in [0.05, 0.1) is 7.11 Å². The van der Waals surface area contributed by atoms with Gasteiger partial charge in [-0.3, -0.25) is 0 Å². The van der Waals surface area contributed by atoms with Crippen LogP contribution in [0.5, 0.6) is 5.75 Å². The van der Waals surface area contributed by atoms with Crippen molar-refractivity contribution >= 4 is 27.3 Å². The summed E-state index contributed by atoms with van der Waals surface area (Å²) in [5.74, 6) is 0.953. The molecular weight excluding hydrogens is 346 g/mol. The Balaban J connectivity index is 2.26. The molecule has 1 heterocycles. The second-order valence-electron chi connectivity index (χ2n) is 5.18. The average molecular weight is 368 g/mol. The topological polar surface area (TPSA) is 21.3 Å². The third-order valence-corrected chi connectivity index (χ3v) is 4.95. The molecule has 2 nitrogen and oxygen atoms in total. The Labute approximate surface area is 139 Å². The minimum atomic E-state index is 0.333. The first kappa shape index (κ1) is 16.5. The van der Waals surface area contributed by atoms with Gasteiger partial charge < -0.3 is 10.1 Å². The van der Waals surface area contributed by atoms with Crippen molar-refractivity contribution in [2.24, 2.45) is 0 Å². The average Bonchev–Trinajstić information content (AvgIpc) is 2.90. The summed E-state index contributed by atoms with van der Waals surface area (Å²) in [6, 6.07) is 6.53. The fourth-order valence-corrected chi connectivity index (χ4v) is 3.78. The van der Waals surface area contributed by atoms with E-state index >= 15 is 0 Å². The zero-order valence-electron chi connectivity index (χ0n) is 12.8. The van der Waals surface area contributed by atoms with Gasteiger partial charge in [0.15, 0.2) is 0 Å². The normalized spacial score (nSPS) is 12.4. The van der Waals surface area contributed by atoms with Gasteiger partial charge in [0.2, 0.25) is 0 Å². The van der Waals surface area contributed by atoms with E-state index in [0.29, 0.717) is 6.04 Å². The molecule has 0 aliphatic heterocycles. The second kappa shape index (κ2) is 7.97. The number of ether oxygens (including phenoxy) is 1. The number of nitrogens with one attached hydrogen (secondary N) is 1. The Morgan fingerprint density at radius 3 is 2.76 bits per heavy atom. The third kappa shape index (κ3) is 4.31. The highest BCUT2D eigenvalue weighted by Gasteiger charge is 2.17. The van der Waals surface area contributed by atoms with Gasteiger partial charge in [0.1, 0.15) is 5.75 Å². The van der Waals surface area contributed by atoms with Crippen LogP contribution in [-0.2, 0) is 6.42 Å². The van der Waals surface area contributed by atoms with Crippen molar-refractivity contribution in [3.05, 3.63) is 50.1 Å². The molecule has 0 aliphatic rings. The predicted molar refractivity (Wildman–Crippen MR) is 94.5 cm³/mol. The van der Waals surface area contributed by atoms with Crippen LogP contribution in [-0.4, -0.2) is 13.7 Å².